The van der Waals surface area contributed by atoms with Gasteiger partial charge in [0, 0.05) is 6.42 Å². The second kappa shape index (κ2) is 4.57. The number of alkyl halides is 1. The lowest BCUT2D eigenvalue weighted by molar-refractivity contribution is -0.0687. The lowest BCUT2D eigenvalue weighted by Gasteiger charge is -2.57. The monoisotopic (exact) mass is 292 g/mol. The molecule has 0 aliphatic heterocycles. The molecule has 3 fully saturated rings. The van der Waals surface area contributed by atoms with Crippen molar-refractivity contribution in [1.82, 2.24) is 0 Å². The first kappa shape index (κ1) is 14.2. The number of aliphatic hydroxyl groups excluding tert-OH is 1. The average molecular weight is 292 g/mol. The van der Waals surface area contributed by atoms with Crippen molar-refractivity contribution in [3.05, 3.63) is 11.6 Å². The van der Waals surface area contributed by atoms with Crippen LogP contribution in [0.5, 0.6) is 0 Å². The van der Waals surface area contributed by atoms with Gasteiger partial charge in [0.1, 0.15) is 6.17 Å². The molecule has 4 aliphatic rings. The van der Waals surface area contributed by atoms with E-state index in [0.29, 0.717) is 12.3 Å². The highest BCUT2D eigenvalue weighted by Crippen LogP contribution is 2.64. The van der Waals surface area contributed by atoms with Gasteiger partial charge in [-0.2, -0.15) is 0 Å². The maximum absolute atomic E-state index is 13.8. The molecule has 0 heterocycles. The average Bonchev–Trinajstić information content (AvgIpc) is 2.76. The molecule has 0 aromatic rings. The van der Waals surface area contributed by atoms with Crippen LogP contribution in [-0.2, 0) is 0 Å². The Balaban J connectivity index is 1.68. The van der Waals surface area contributed by atoms with Crippen molar-refractivity contribution < 1.29 is 9.50 Å². The van der Waals surface area contributed by atoms with Crippen LogP contribution in [0.2, 0.25) is 0 Å². The van der Waals surface area contributed by atoms with E-state index in [1.165, 1.54) is 24.8 Å². The molecule has 118 valence electrons. The van der Waals surface area contributed by atoms with Crippen LogP contribution in [0, 0.1) is 28.6 Å². The molecule has 0 bridgehead atoms. The lowest BCUT2D eigenvalue weighted by Crippen LogP contribution is -2.50. The Bertz CT molecular complexity index is 472. The number of fused-ring (bicyclic) bond motifs is 5. The van der Waals surface area contributed by atoms with Gasteiger partial charge in [0.05, 0.1) is 6.10 Å². The Morgan fingerprint density at radius 2 is 1.90 bits per heavy atom. The molecule has 4 rings (SSSR count). The van der Waals surface area contributed by atoms with Crippen molar-refractivity contribution in [3.63, 3.8) is 0 Å². The first-order chi connectivity index (χ1) is 9.95. The minimum atomic E-state index is -0.608. The Morgan fingerprint density at radius 3 is 2.71 bits per heavy atom. The van der Waals surface area contributed by atoms with E-state index in [1.54, 1.807) is 0 Å². The van der Waals surface area contributed by atoms with E-state index in [2.05, 4.69) is 19.9 Å². The number of rotatable bonds is 0. The molecule has 21 heavy (non-hydrogen) atoms. The van der Waals surface area contributed by atoms with Crippen molar-refractivity contribution in [1.29, 1.82) is 0 Å². The summed E-state index contributed by atoms with van der Waals surface area (Å²) >= 11 is 0. The van der Waals surface area contributed by atoms with Gasteiger partial charge < -0.3 is 5.11 Å². The number of hydrogen-bond acceptors (Lipinski definition) is 1. The van der Waals surface area contributed by atoms with Gasteiger partial charge in [0.2, 0.25) is 0 Å². The number of allylic oxidation sites excluding steroid dienone is 2. The summed E-state index contributed by atoms with van der Waals surface area (Å²) in [5, 5.41) is 10.4. The van der Waals surface area contributed by atoms with Crippen molar-refractivity contribution in [3.8, 4) is 0 Å². The van der Waals surface area contributed by atoms with E-state index < -0.39 is 6.17 Å². The van der Waals surface area contributed by atoms with Gasteiger partial charge in [-0.1, -0.05) is 25.5 Å². The summed E-state index contributed by atoms with van der Waals surface area (Å²) in [5.74, 6) is 2.14. The number of hydrogen-bond donors (Lipinski definition) is 1. The van der Waals surface area contributed by atoms with E-state index in [-0.39, 0.29) is 16.9 Å². The molecule has 2 heteroatoms. The summed E-state index contributed by atoms with van der Waals surface area (Å²) in [6, 6.07) is 0. The largest absolute Gasteiger partial charge is 0.393 e. The zero-order chi connectivity index (χ0) is 14.8. The third-order valence-corrected chi connectivity index (χ3v) is 7.99. The zero-order valence-corrected chi connectivity index (χ0v) is 13.4. The van der Waals surface area contributed by atoms with Gasteiger partial charge in [0.15, 0.2) is 0 Å². The topological polar surface area (TPSA) is 20.2 Å². The summed E-state index contributed by atoms with van der Waals surface area (Å²) in [5.41, 5.74) is 1.82. The molecule has 0 aromatic carbocycles. The van der Waals surface area contributed by atoms with Crippen molar-refractivity contribution in [2.75, 3.05) is 0 Å². The van der Waals surface area contributed by atoms with Crippen molar-refractivity contribution in [2.45, 2.75) is 77.5 Å². The summed E-state index contributed by atoms with van der Waals surface area (Å²) in [7, 11) is 0. The third kappa shape index (κ3) is 1.84. The van der Waals surface area contributed by atoms with Crippen LogP contribution < -0.4 is 0 Å². The van der Waals surface area contributed by atoms with Crippen LogP contribution in [0.25, 0.3) is 0 Å². The van der Waals surface area contributed by atoms with Gasteiger partial charge in [-0.15, -0.1) is 0 Å². The zero-order valence-electron chi connectivity index (χ0n) is 13.4. The summed E-state index contributed by atoms with van der Waals surface area (Å²) in [6.45, 7) is 4.74. The quantitative estimate of drug-likeness (QED) is 0.644. The highest BCUT2D eigenvalue weighted by Gasteiger charge is 2.58. The normalized spacial score (nSPS) is 56.2. The van der Waals surface area contributed by atoms with E-state index in [1.807, 2.05) is 0 Å². The Kier molecular flexibility index (Phi) is 3.10. The van der Waals surface area contributed by atoms with E-state index in [9.17, 15) is 9.50 Å². The molecule has 0 saturated heterocycles. The third-order valence-electron chi connectivity index (χ3n) is 7.99. The maximum Gasteiger partial charge on any atom is 0.104 e. The summed E-state index contributed by atoms with van der Waals surface area (Å²) in [6.07, 6.45) is 9.89. The van der Waals surface area contributed by atoms with Crippen LogP contribution in [0.4, 0.5) is 4.39 Å². The SMILES string of the molecule is C[C@]12CCC(F)CC1=CC[C@@H]1[C@H]2CC[C@]2(C)C(O)CC[C@@H]12. The van der Waals surface area contributed by atoms with E-state index >= 15 is 0 Å². The van der Waals surface area contributed by atoms with Gasteiger partial charge in [-0.3, -0.25) is 0 Å². The smallest absolute Gasteiger partial charge is 0.104 e. The molecule has 2 unspecified atom stereocenters. The van der Waals surface area contributed by atoms with Crippen LogP contribution in [-0.4, -0.2) is 17.4 Å². The second-order valence-electron chi connectivity index (χ2n) is 8.74. The number of halogens is 1. The first-order valence-electron chi connectivity index (χ1n) is 8.97. The van der Waals surface area contributed by atoms with Crippen LogP contribution in [0.15, 0.2) is 11.6 Å². The van der Waals surface area contributed by atoms with Gasteiger partial charge in [-0.05, 0) is 73.5 Å². The fourth-order valence-corrected chi connectivity index (χ4v) is 6.59. The fraction of sp³-hybridized carbons (Fsp3) is 0.895. The molecule has 0 amide bonds. The second-order valence-corrected chi connectivity index (χ2v) is 8.74. The molecule has 1 nitrogen and oxygen atoms in total. The van der Waals surface area contributed by atoms with Crippen LogP contribution >= 0.6 is 0 Å². The molecule has 0 radical (unpaired) electrons. The van der Waals surface area contributed by atoms with Crippen LogP contribution in [0.3, 0.4) is 0 Å². The molecule has 1 N–H and O–H groups in total. The minimum absolute atomic E-state index is 0.0942. The van der Waals surface area contributed by atoms with Gasteiger partial charge in [-0.25, -0.2) is 4.39 Å². The lowest BCUT2D eigenvalue weighted by atomic mass is 9.48. The maximum atomic E-state index is 13.8. The number of aliphatic hydroxyl groups is 1. The highest BCUT2D eigenvalue weighted by atomic mass is 19.1. The first-order valence-corrected chi connectivity index (χ1v) is 8.97. The molecular weight excluding hydrogens is 263 g/mol. The molecule has 3 saturated carbocycles. The summed E-state index contributed by atoms with van der Waals surface area (Å²) < 4.78 is 13.8. The predicted octanol–water partition coefficient (Wildman–Crippen LogP) is 4.65. The van der Waals surface area contributed by atoms with Crippen LogP contribution in [0.1, 0.15) is 65.2 Å². The Morgan fingerprint density at radius 1 is 1.10 bits per heavy atom. The minimum Gasteiger partial charge on any atom is -0.393 e. The Labute approximate surface area is 128 Å². The van der Waals surface area contributed by atoms with E-state index in [4.69, 9.17) is 0 Å². The predicted molar refractivity (Wildman–Crippen MR) is 82.6 cm³/mol. The Hall–Kier alpha value is -0.370. The van der Waals surface area contributed by atoms with Crippen molar-refractivity contribution in [2.24, 2.45) is 28.6 Å². The summed E-state index contributed by atoms with van der Waals surface area (Å²) in [4.78, 5) is 0. The molecule has 4 aliphatic carbocycles. The van der Waals surface area contributed by atoms with Gasteiger partial charge >= 0.3 is 0 Å². The molecular formula is C19H29FO. The fourth-order valence-electron chi connectivity index (χ4n) is 6.59. The van der Waals surface area contributed by atoms with Gasteiger partial charge in [0.25, 0.3) is 0 Å². The standard InChI is InChI=1S/C19H29FO/c1-18-9-7-13(20)11-12(18)3-4-14-15-5-6-17(21)19(15,2)10-8-16(14)18/h3,13-17,21H,4-11H2,1-2H3/t13?,14-,15-,16+,17?,18-,19-/m0/s1. The molecule has 0 spiro atoms. The highest BCUT2D eigenvalue weighted by molar-refractivity contribution is 5.25. The van der Waals surface area contributed by atoms with Crippen molar-refractivity contribution >= 4 is 0 Å². The molecule has 7 atom stereocenters. The molecule has 0 aromatic heterocycles. The van der Waals surface area contributed by atoms with E-state index in [0.717, 1.165) is 37.5 Å².